The van der Waals surface area contributed by atoms with Gasteiger partial charge >= 0.3 is 5.51 Å². The summed E-state index contributed by atoms with van der Waals surface area (Å²) in [5.74, 6) is 0. The van der Waals surface area contributed by atoms with Crippen LogP contribution < -0.4 is 10.6 Å². The molecule has 1 aromatic carbocycles. The number of anilines is 1. The molecular weight excluding hydrogens is 341 g/mol. The summed E-state index contributed by atoms with van der Waals surface area (Å²) in [7, 11) is -5.65. The lowest BCUT2D eigenvalue weighted by Gasteiger charge is -2.17. The van der Waals surface area contributed by atoms with Gasteiger partial charge in [-0.1, -0.05) is 0 Å². The zero-order valence-electron chi connectivity index (χ0n) is 11.0. The molecule has 0 aromatic heterocycles. The Hall–Kier alpha value is -2.11. The first-order valence-electron chi connectivity index (χ1n) is 5.47. The maximum absolute atomic E-state index is 12.6. The van der Waals surface area contributed by atoms with Gasteiger partial charge < -0.3 is 5.32 Å². The van der Waals surface area contributed by atoms with E-state index in [-0.39, 0.29) is 5.69 Å². The smallest absolute Gasteiger partial charge is 0.356 e. The van der Waals surface area contributed by atoms with Crippen LogP contribution in [0.3, 0.4) is 0 Å². The molecule has 0 amide bonds. The third kappa shape index (κ3) is 3.75. The van der Waals surface area contributed by atoms with E-state index in [4.69, 9.17) is 10.5 Å². The number of nitrogens with one attached hydrogen (secondary N) is 2. The first kappa shape index (κ1) is 17.9. The van der Waals surface area contributed by atoms with Gasteiger partial charge in [-0.25, -0.2) is 8.42 Å². The van der Waals surface area contributed by atoms with Crippen molar-refractivity contribution in [2.45, 2.75) is 15.9 Å². The monoisotopic (exact) mass is 350 g/mol. The molecule has 1 aromatic rings. The summed E-state index contributed by atoms with van der Waals surface area (Å²) in [6, 6.07) is 4.33. The lowest BCUT2D eigenvalue weighted by molar-refractivity contribution is -0.0436. The Balaban J connectivity index is 3.33. The highest BCUT2D eigenvalue weighted by molar-refractivity contribution is 7.99. The molecule has 0 aliphatic carbocycles. The SMILES string of the molecule is CSC(NC#N)Nc1ccc(C#N)c(S(=O)(=O)C(F)(F)F)c1. The minimum Gasteiger partial charge on any atom is -0.356 e. The zero-order valence-corrected chi connectivity index (χ0v) is 12.6. The summed E-state index contributed by atoms with van der Waals surface area (Å²) in [5.41, 5.74) is -6.78. The van der Waals surface area contributed by atoms with Crippen molar-refractivity contribution in [1.29, 1.82) is 10.5 Å². The van der Waals surface area contributed by atoms with Crippen LogP contribution in [0.1, 0.15) is 5.56 Å². The van der Waals surface area contributed by atoms with Gasteiger partial charge in [0.05, 0.1) is 10.5 Å². The van der Waals surface area contributed by atoms with Crippen LogP contribution in [0.25, 0.3) is 0 Å². The fourth-order valence-electron chi connectivity index (χ4n) is 1.42. The molecule has 2 N–H and O–H groups in total. The van der Waals surface area contributed by atoms with E-state index in [0.29, 0.717) is 6.07 Å². The summed E-state index contributed by atoms with van der Waals surface area (Å²) in [5, 5.41) is 22.3. The van der Waals surface area contributed by atoms with Crippen molar-refractivity contribution >= 4 is 27.3 Å². The van der Waals surface area contributed by atoms with Gasteiger partial charge in [0.15, 0.2) is 11.7 Å². The molecule has 1 rings (SSSR count). The molecule has 0 saturated carbocycles. The van der Waals surface area contributed by atoms with Gasteiger partial charge in [0.2, 0.25) is 0 Å². The van der Waals surface area contributed by atoms with E-state index in [9.17, 15) is 21.6 Å². The number of sulfone groups is 1. The van der Waals surface area contributed by atoms with Crippen molar-refractivity contribution in [3.8, 4) is 12.3 Å². The van der Waals surface area contributed by atoms with E-state index in [1.807, 2.05) is 0 Å². The van der Waals surface area contributed by atoms with Gasteiger partial charge in [-0.2, -0.15) is 23.7 Å². The molecule has 1 unspecified atom stereocenters. The first-order chi connectivity index (χ1) is 10.2. The van der Waals surface area contributed by atoms with Crippen LogP contribution >= 0.6 is 11.8 Å². The predicted molar refractivity (Wildman–Crippen MR) is 74.1 cm³/mol. The average Bonchev–Trinajstić information content (AvgIpc) is 2.45. The number of hydrogen-bond donors (Lipinski definition) is 2. The van der Waals surface area contributed by atoms with Crippen molar-refractivity contribution < 1.29 is 21.6 Å². The summed E-state index contributed by atoms with van der Waals surface area (Å²) >= 11 is 1.14. The molecule has 0 aliphatic heterocycles. The van der Waals surface area contributed by atoms with E-state index in [1.165, 1.54) is 12.1 Å². The third-order valence-corrected chi connectivity index (χ3v) is 4.66. The lowest BCUT2D eigenvalue weighted by Crippen LogP contribution is -2.29. The number of halogens is 3. The minimum absolute atomic E-state index is 0.0175. The van der Waals surface area contributed by atoms with Crippen LogP contribution in [0.2, 0.25) is 0 Å². The Morgan fingerprint density at radius 2 is 1.95 bits per heavy atom. The van der Waals surface area contributed by atoms with Crippen LogP contribution in [-0.4, -0.2) is 25.7 Å². The number of alkyl halides is 3. The van der Waals surface area contributed by atoms with Crippen molar-refractivity contribution in [2.24, 2.45) is 0 Å². The quantitative estimate of drug-likeness (QED) is 0.475. The number of nitrogens with zero attached hydrogens (tertiary/aromatic N) is 2. The van der Waals surface area contributed by atoms with E-state index in [0.717, 1.165) is 17.8 Å². The molecule has 6 nitrogen and oxygen atoms in total. The molecule has 1 atom stereocenters. The Kier molecular flexibility index (Phi) is 5.52. The van der Waals surface area contributed by atoms with Crippen LogP contribution in [0, 0.1) is 22.8 Å². The normalized spacial score (nSPS) is 12.8. The van der Waals surface area contributed by atoms with Gasteiger partial charge in [-0.3, -0.25) is 5.32 Å². The van der Waals surface area contributed by atoms with E-state index < -0.39 is 31.3 Å². The fourth-order valence-corrected chi connectivity index (χ4v) is 2.77. The Labute approximate surface area is 128 Å². The lowest BCUT2D eigenvalue weighted by atomic mass is 10.2. The third-order valence-electron chi connectivity index (χ3n) is 2.43. The second-order valence-corrected chi connectivity index (χ2v) is 6.64. The second kappa shape index (κ2) is 6.77. The fraction of sp³-hybridized carbons (Fsp3) is 0.273. The number of rotatable bonds is 5. The summed E-state index contributed by atoms with van der Waals surface area (Å²) in [4.78, 5) is -1.13. The van der Waals surface area contributed by atoms with Crippen LogP contribution in [0.5, 0.6) is 0 Å². The average molecular weight is 350 g/mol. The molecule has 11 heteroatoms. The molecule has 118 valence electrons. The zero-order chi connectivity index (χ0) is 17.0. The van der Waals surface area contributed by atoms with Crippen molar-refractivity contribution in [2.75, 3.05) is 11.6 Å². The highest BCUT2D eigenvalue weighted by Gasteiger charge is 2.48. The Morgan fingerprint density at radius 1 is 1.32 bits per heavy atom. The molecule has 0 fully saturated rings. The summed E-state index contributed by atoms with van der Waals surface area (Å²) < 4.78 is 60.9. The van der Waals surface area contributed by atoms with Crippen molar-refractivity contribution in [3.63, 3.8) is 0 Å². The van der Waals surface area contributed by atoms with Crippen LogP contribution in [0.15, 0.2) is 23.1 Å². The van der Waals surface area contributed by atoms with Crippen LogP contribution in [0.4, 0.5) is 18.9 Å². The number of benzene rings is 1. The molecule has 0 saturated heterocycles. The number of hydrogen-bond acceptors (Lipinski definition) is 7. The number of nitriles is 2. The second-order valence-electron chi connectivity index (χ2n) is 3.79. The molecule has 0 heterocycles. The largest absolute Gasteiger partial charge is 0.501 e. The molecule has 0 bridgehead atoms. The van der Waals surface area contributed by atoms with Crippen LogP contribution in [-0.2, 0) is 9.84 Å². The predicted octanol–water partition coefficient (Wildman–Crippen LogP) is 1.98. The summed E-state index contributed by atoms with van der Waals surface area (Å²) in [6.45, 7) is 0. The van der Waals surface area contributed by atoms with Gasteiger partial charge in [-0.15, -0.1) is 11.8 Å². The van der Waals surface area contributed by atoms with Crippen molar-refractivity contribution in [1.82, 2.24) is 5.32 Å². The summed E-state index contributed by atoms with van der Waals surface area (Å²) in [6.07, 6.45) is 3.27. The van der Waals surface area contributed by atoms with E-state index in [1.54, 1.807) is 12.4 Å². The topological polar surface area (TPSA) is 106 Å². The van der Waals surface area contributed by atoms with Gasteiger partial charge in [-0.05, 0) is 24.5 Å². The molecule has 0 aliphatic rings. The Morgan fingerprint density at radius 3 is 2.41 bits per heavy atom. The van der Waals surface area contributed by atoms with E-state index in [2.05, 4.69) is 10.6 Å². The highest BCUT2D eigenvalue weighted by Crippen LogP contribution is 2.33. The molecular formula is C11H9F3N4O2S2. The molecule has 0 radical (unpaired) electrons. The number of thioether (sulfide) groups is 1. The first-order valence-corrected chi connectivity index (χ1v) is 8.24. The molecule has 22 heavy (non-hydrogen) atoms. The Bertz CT molecular complexity index is 735. The van der Waals surface area contributed by atoms with E-state index >= 15 is 0 Å². The maximum Gasteiger partial charge on any atom is 0.501 e. The van der Waals surface area contributed by atoms with Gasteiger partial charge in [0.25, 0.3) is 9.84 Å². The molecule has 0 spiro atoms. The maximum atomic E-state index is 12.6. The standard InChI is InChI=1S/C11H9F3N4O2S2/c1-21-10(17-6-16)18-8-3-2-7(5-15)9(4-8)22(19,20)11(12,13)14/h2-4,10,17-18H,1H3. The highest BCUT2D eigenvalue weighted by atomic mass is 32.2. The minimum atomic E-state index is -5.65. The van der Waals surface area contributed by atoms with Crippen molar-refractivity contribution in [3.05, 3.63) is 23.8 Å². The van der Waals surface area contributed by atoms with Gasteiger partial charge in [0.1, 0.15) is 6.07 Å². The van der Waals surface area contributed by atoms with Gasteiger partial charge in [0, 0.05) is 5.69 Å².